The molecule has 12 aromatic rings. The SMILES string of the molecule is Cc1ccccc1-c1ccc2c(c1)c1cc(-c3ccccc3C)ccc1n2-c1cc(-c2cc(C#N)cc(C#N)c2)cc(-n2c3ccc(-c4ccccc4C)cc3c3cc(-c4ccccc4C)ccc32)c1C(F)(F)F. The van der Waals surface area contributed by atoms with Crippen LogP contribution in [0.25, 0.3) is 111 Å². The largest absolute Gasteiger partial charge is 0.420 e. The summed E-state index contributed by atoms with van der Waals surface area (Å²) in [4.78, 5) is 0. The zero-order valence-corrected chi connectivity index (χ0v) is 41.0. The Hall–Kier alpha value is -9.43. The molecule has 0 aliphatic carbocycles. The van der Waals surface area contributed by atoms with Gasteiger partial charge in [0, 0.05) is 21.5 Å². The van der Waals surface area contributed by atoms with Gasteiger partial charge in [0.1, 0.15) is 5.56 Å². The first-order chi connectivity index (χ1) is 35.9. The summed E-state index contributed by atoms with van der Waals surface area (Å²) >= 11 is 0. The van der Waals surface area contributed by atoms with Crippen LogP contribution < -0.4 is 0 Å². The lowest BCUT2D eigenvalue weighted by molar-refractivity contribution is -0.137. The van der Waals surface area contributed by atoms with Crippen molar-refractivity contribution in [2.24, 2.45) is 0 Å². The Balaban J connectivity index is 1.23. The average Bonchev–Trinajstić information content (AvgIpc) is 3.91. The molecule has 0 N–H and O–H groups in total. The third-order valence-corrected chi connectivity index (χ3v) is 14.7. The van der Waals surface area contributed by atoms with Crippen molar-refractivity contribution >= 4 is 43.6 Å². The second kappa shape index (κ2) is 17.7. The summed E-state index contributed by atoms with van der Waals surface area (Å²) < 4.78 is 54.7. The molecule has 74 heavy (non-hydrogen) atoms. The molecule has 0 amide bonds. The highest BCUT2D eigenvalue weighted by Gasteiger charge is 2.40. The topological polar surface area (TPSA) is 57.4 Å². The van der Waals surface area contributed by atoms with Gasteiger partial charge in [-0.15, -0.1) is 0 Å². The summed E-state index contributed by atoms with van der Waals surface area (Å²) in [6.45, 7) is 8.23. The molecular formula is C67H45F3N4. The maximum Gasteiger partial charge on any atom is 0.420 e. The van der Waals surface area contributed by atoms with Gasteiger partial charge in [-0.05, 0) is 184 Å². The van der Waals surface area contributed by atoms with Crippen LogP contribution in [0.15, 0.2) is 200 Å². The van der Waals surface area contributed by atoms with Crippen molar-refractivity contribution in [3.63, 3.8) is 0 Å². The lowest BCUT2D eigenvalue weighted by Gasteiger charge is -2.23. The molecule has 0 saturated heterocycles. The van der Waals surface area contributed by atoms with Gasteiger partial charge >= 0.3 is 6.18 Å². The van der Waals surface area contributed by atoms with Crippen LogP contribution in [0.3, 0.4) is 0 Å². The van der Waals surface area contributed by atoms with Crippen molar-refractivity contribution in [2.75, 3.05) is 0 Å². The zero-order chi connectivity index (χ0) is 51.0. The van der Waals surface area contributed by atoms with Crippen molar-refractivity contribution in [3.8, 4) is 79.1 Å². The third-order valence-electron chi connectivity index (χ3n) is 14.7. The van der Waals surface area contributed by atoms with Gasteiger partial charge in [0.15, 0.2) is 0 Å². The minimum Gasteiger partial charge on any atom is -0.309 e. The number of benzene rings is 10. The number of rotatable bonds is 7. The maximum absolute atomic E-state index is 17.1. The molecule has 0 aliphatic heterocycles. The molecule has 0 spiro atoms. The quantitative estimate of drug-likeness (QED) is 0.160. The number of alkyl halides is 3. The number of hydrogen-bond donors (Lipinski definition) is 0. The van der Waals surface area contributed by atoms with Gasteiger partial charge in [0.25, 0.3) is 0 Å². The lowest BCUT2D eigenvalue weighted by atomic mass is 9.96. The van der Waals surface area contributed by atoms with Gasteiger partial charge in [0.05, 0.1) is 56.7 Å². The van der Waals surface area contributed by atoms with E-state index >= 15 is 13.2 Å². The van der Waals surface area contributed by atoms with Crippen molar-refractivity contribution in [1.29, 1.82) is 10.5 Å². The molecule has 0 radical (unpaired) electrons. The van der Waals surface area contributed by atoms with E-state index < -0.39 is 11.7 Å². The van der Waals surface area contributed by atoms with Gasteiger partial charge in [-0.3, -0.25) is 0 Å². The van der Waals surface area contributed by atoms with E-state index in [4.69, 9.17) is 0 Å². The summed E-state index contributed by atoms with van der Waals surface area (Å²) in [6, 6.07) is 68.8. The summed E-state index contributed by atoms with van der Waals surface area (Å²) in [7, 11) is 0. The van der Waals surface area contributed by atoms with Crippen molar-refractivity contribution in [3.05, 3.63) is 239 Å². The number of nitrogens with zero attached hydrogens (tertiary/aromatic N) is 4. The van der Waals surface area contributed by atoms with E-state index in [2.05, 4.69) is 113 Å². The van der Waals surface area contributed by atoms with E-state index in [0.29, 0.717) is 33.2 Å². The van der Waals surface area contributed by atoms with Crippen molar-refractivity contribution in [1.82, 2.24) is 9.13 Å². The van der Waals surface area contributed by atoms with E-state index in [9.17, 15) is 10.5 Å². The average molecular weight is 963 g/mol. The van der Waals surface area contributed by atoms with Crippen LogP contribution in [0.4, 0.5) is 13.2 Å². The molecule has 2 heterocycles. The number of aromatic nitrogens is 2. The smallest absolute Gasteiger partial charge is 0.309 e. The first-order valence-electron chi connectivity index (χ1n) is 24.5. The van der Waals surface area contributed by atoms with Gasteiger partial charge < -0.3 is 9.13 Å². The molecule has 0 atom stereocenters. The van der Waals surface area contributed by atoms with Crippen LogP contribution in [-0.4, -0.2) is 9.13 Å². The Bertz CT molecular complexity index is 3910. The van der Waals surface area contributed by atoms with Gasteiger partial charge in [-0.1, -0.05) is 121 Å². The third kappa shape index (κ3) is 7.61. The maximum atomic E-state index is 17.1. The monoisotopic (exact) mass is 962 g/mol. The van der Waals surface area contributed by atoms with Crippen LogP contribution in [0.2, 0.25) is 0 Å². The predicted molar refractivity (Wildman–Crippen MR) is 296 cm³/mol. The zero-order valence-electron chi connectivity index (χ0n) is 41.0. The molecule has 354 valence electrons. The van der Waals surface area contributed by atoms with Crippen LogP contribution >= 0.6 is 0 Å². The Labute approximate surface area is 426 Å². The normalized spacial score (nSPS) is 11.7. The molecule has 10 aromatic carbocycles. The van der Waals surface area contributed by atoms with Crippen molar-refractivity contribution in [2.45, 2.75) is 33.9 Å². The van der Waals surface area contributed by atoms with Crippen LogP contribution in [-0.2, 0) is 6.18 Å². The highest BCUT2D eigenvalue weighted by Crippen LogP contribution is 2.48. The van der Waals surface area contributed by atoms with Gasteiger partial charge in [0.2, 0.25) is 0 Å². The first-order valence-corrected chi connectivity index (χ1v) is 24.5. The number of halogens is 3. The highest BCUT2D eigenvalue weighted by molar-refractivity contribution is 6.14. The van der Waals surface area contributed by atoms with Crippen LogP contribution in [0, 0.1) is 50.4 Å². The number of nitriles is 2. The van der Waals surface area contributed by atoms with E-state index in [1.807, 2.05) is 97.1 Å². The number of fused-ring (bicyclic) bond motifs is 6. The molecule has 2 aromatic heterocycles. The van der Waals surface area contributed by atoms with Gasteiger partial charge in [-0.25, -0.2) is 0 Å². The van der Waals surface area contributed by atoms with E-state index in [1.165, 1.54) is 6.07 Å². The van der Waals surface area contributed by atoms with E-state index in [-0.39, 0.29) is 22.5 Å². The first kappa shape index (κ1) is 45.7. The molecule has 0 saturated carbocycles. The van der Waals surface area contributed by atoms with E-state index in [1.54, 1.807) is 33.4 Å². The molecule has 4 nitrogen and oxygen atoms in total. The fourth-order valence-corrected chi connectivity index (χ4v) is 11.2. The molecule has 7 heteroatoms. The van der Waals surface area contributed by atoms with Crippen molar-refractivity contribution < 1.29 is 13.2 Å². The summed E-state index contributed by atoms with van der Waals surface area (Å²) in [5.74, 6) is 0. The molecule has 0 fully saturated rings. The molecule has 0 aliphatic rings. The second-order valence-electron chi connectivity index (χ2n) is 19.3. The van der Waals surface area contributed by atoms with Crippen LogP contribution in [0.1, 0.15) is 38.9 Å². The standard InChI is InChI=1S/C67H45F3N4/c1-40-13-5-9-17-52(40)46-21-25-60-56(32-46)57-33-47(53-18-10-6-14-41(53)2)22-26-61(57)73(60)64-36-51(50-30-44(38-71)29-45(31-50)39-72)37-65(66(64)67(68,69)70)74-62-27-23-48(54-19-11-7-15-42(54)3)34-58(62)59-35-49(24-28-63(59)74)55-20-12-8-16-43(55)4/h5-37H,1-4H3. The lowest BCUT2D eigenvalue weighted by Crippen LogP contribution is -2.16. The highest BCUT2D eigenvalue weighted by atomic mass is 19.4. The van der Waals surface area contributed by atoms with E-state index in [0.717, 1.165) is 88.3 Å². The predicted octanol–water partition coefficient (Wildman–Crippen LogP) is 18.2. The summed E-state index contributed by atoms with van der Waals surface area (Å²) in [6.07, 6.45) is -4.91. The number of aryl methyl sites for hydroxylation is 4. The Morgan fingerprint density at radius 3 is 0.892 bits per heavy atom. The summed E-state index contributed by atoms with van der Waals surface area (Å²) in [5.41, 5.74) is 14.8. The minimum absolute atomic E-state index is 0.0961. The van der Waals surface area contributed by atoms with Crippen LogP contribution in [0.5, 0.6) is 0 Å². The minimum atomic E-state index is -4.91. The Morgan fingerprint density at radius 1 is 0.338 bits per heavy atom. The summed E-state index contributed by atoms with van der Waals surface area (Å²) in [5, 5.41) is 23.6. The number of hydrogen-bond acceptors (Lipinski definition) is 2. The fraction of sp³-hybridized carbons (Fsp3) is 0.0746. The molecule has 0 bridgehead atoms. The van der Waals surface area contributed by atoms with Gasteiger partial charge in [-0.2, -0.15) is 23.7 Å². The Kier molecular flexibility index (Phi) is 10.9. The Morgan fingerprint density at radius 2 is 0.622 bits per heavy atom. The molecule has 0 unspecified atom stereocenters. The second-order valence-corrected chi connectivity index (χ2v) is 19.3. The molecular weight excluding hydrogens is 918 g/mol. The fourth-order valence-electron chi connectivity index (χ4n) is 11.2. The molecule has 12 rings (SSSR count).